The topological polar surface area (TPSA) is 15.3 Å². The van der Waals surface area contributed by atoms with E-state index in [4.69, 9.17) is 0 Å². The second kappa shape index (κ2) is 8.08. The van der Waals surface area contributed by atoms with E-state index >= 15 is 0 Å². The Morgan fingerprint density at radius 3 is 2.25 bits per heavy atom. The Morgan fingerprint density at radius 2 is 1.75 bits per heavy atom. The molecule has 1 unspecified atom stereocenters. The van der Waals surface area contributed by atoms with Crippen molar-refractivity contribution < 1.29 is 0 Å². The Morgan fingerprint density at radius 1 is 1.12 bits per heavy atom. The zero-order valence-corrected chi connectivity index (χ0v) is 11.5. The van der Waals surface area contributed by atoms with E-state index in [1.54, 1.807) is 0 Å². The fourth-order valence-electron chi connectivity index (χ4n) is 2.82. The number of likely N-dealkylation sites (N-methyl/N-ethyl adjacent to an activating group) is 2. The van der Waals surface area contributed by atoms with Crippen molar-refractivity contribution in [1.29, 1.82) is 0 Å². The third-order valence-corrected chi connectivity index (χ3v) is 3.94. The summed E-state index contributed by atoms with van der Waals surface area (Å²) < 4.78 is 0. The van der Waals surface area contributed by atoms with Gasteiger partial charge in [0.1, 0.15) is 0 Å². The van der Waals surface area contributed by atoms with E-state index in [0.717, 1.165) is 12.6 Å². The molecule has 1 saturated carbocycles. The smallest absolute Gasteiger partial charge is 0.0192 e. The van der Waals surface area contributed by atoms with Crippen molar-refractivity contribution in [2.45, 2.75) is 70.9 Å². The Kier molecular flexibility index (Phi) is 7.06. The molecule has 0 aromatic carbocycles. The van der Waals surface area contributed by atoms with Gasteiger partial charge >= 0.3 is 0 Å². The summed E-state index contributed by atoms with van der Waals surface area (Å²) in [5.41, 5.74) is 0. The largest absolute Gasteiger partial charge is 0.313 e. The number of nitrogens with one attached hydrogen (secondary N) is 1. The molecule has 1 aliphatic carbocycles. The lowest BCUT2D eigenvalue weighted by atomic mass is 10.1. The number of nitrogens with zero attached hydrogens (tertiary/aromatic N) is 1. The minimum absolute atomic E-state index is 0.679. The van der Waals surface area contributed by atoms with E-state index in [9.17, 15) is 0 Å². The van der Waals surface area contributed by atoms with Crippen LogP contribution in [0.1, 0.15) is 58.8 Å². The fraction of sp³-hybridized carbons (Fsp3) is 1.00. The summed E-state index contributed by atoms with van der Waals surface area (Å²) in [6.07, 6.45) is 9.85. The molecule has 0 bridgehead atoms. The molecule has 1 aliphatic rings. The van der Waals surface area contributed by atoms with Gasteiger partial charge in [-0.05, 0) is 32.9 Å². The van der Waals surface area contributed by atoms with Crippen LogP contribution in [0, 0.1) is 0 Å². The monoisotopic (exact) mass is 226 g/mol. The van der Waals surface area contributed by atoms with Crippen LogP contribution in [-0.4, -0.2) is 37.1 Å². The van der Waals surface area contributed by atoms with Gasteiger partial charge in [0.2, 0.25) is 0 Å². The molecular formula is C14H30N2. The molecule has 1 rings (SSSR count). The van der Waals surface area contributed by atoms with E-state index in [-0.39, 0.29) is 0 Å². The molecule has 0 saturated heterocycles. The van der Waals surface area contributed by atoms with Crippen LogP contribution in [0.5, 0.6) is 0 Å². The first kappa shape index (κ1) is 14.0. The van der Waals surface area contributed by atoms with Gasteiger partial charge in [0.15, 0.2) is 0 Å². The second-order valence-corrected chi connectivity index (χ2v) is 5.25. The van der Waals surface area contributed by atoms with Gasteiger partial charge in [-0.15, -0.1) is 0 Å². The van der Waals surface area contributed by atoms with Crippen molar-refractivity contribution in [3.05, 3.63) is 0 Å². The number of hydrogen-bond donors (Lipinski definition) is 1. The molecule has 2 heteroatoms. The molecule has 0 aromatic heterocycles. The Hall–Kier alpha value is -0.0800. The highest BCUT2D eigenvalue weighted by Crippen LogP contribution is 2.21. The summed E-state index contributed by atoms with van der Waals surface area (Å²) in [5.74, 6) is 0. The zero-order chi connectivity index (χ0) is 11.8. The van der Waals surface area contributed by atoms with Gasteiger partial charge in [-0.3, -0.25) is 0 Å². The molecular weight excluding hydrogens is 196 g/mol. The summed E-state index contributed by atoms with van der Waals surface area (Å²) >= 11 is 0. The lowest BCUT2D eigenvalue weighted by Crippen LogP contribution is -2.43. The second-order valence-electron chi connectivity index (χ2n) is 5.25. The minimum atomic E-state index is 0.679. The Balaban J connectivity index is 2.33. The summed E-state index contributed by atoms with van der Waals surface area (Å²) in [4.78, 5) is 2.60. The van der Waals surface area contributed by atoms with Crippen LogP contribution in [0.25, 0.3) is 0 Å². The van der Waals surface area contributed by atoms with Gasteiger partial charge in [-0.25, -0.2) is 0 Å². The molecule has 1 N–H and O–H groups in total. The fourth-order valence-corrected chi connectivity index (χ4v) is 2.82. The van der Waals surface area contributed by atoms with Gasteiger partial charge in [0, 0.05) is 18.6 Å². The Labute approximate surface area is 102 Å². The van der Waals surface area contributed by atoms with Gasteiger partial charge in [0.05, 0.1) is 0 Å². The van der Waals surface area contributed by atoms with Crippen molar-refractivity contribution in [2.75, 3.05) is 20.1 Å². The van der Waals surface area contributed by atoms with Crippen LogP contribution in [0.3, 0.4) is 0 Å². The van der Waals surface area contributed by atoms with E-state index in [2.05, 4.69) is 31.1 Å². The SMILES string of the molecule is CCNC(CC)CN(C)C1CCCCCC1. The molecule has 2 nitrogen and oxygen atoms in total. The highest BCUT2D eigenvalue weighted by Gasteiger charge is 2.18. The maximum absolute atomic E-state index is 3.58. The van der Waals surface area contributed by atoms with Gasteiger partial charge in [-0.2, -0.15) is 0 Å². The van der Waals surface area contributed by atoms with Crippen molar-refractivity contribution in [1.82, 2.24) is 10.2 Å². The standard InChI is InChI=1S/C14H30N2/c1-4-13(15-5-2)12-16(3)14-10-8-6-7-9-11-14/h13-15H,4-12H2,1-3H3. The first-order chi connectivity index (χ1) is 7.77. The highest BCUT2D eigenvalue weighted by molar-refractivity contribution is 4.76. The van der Waals surface area contributed by atoms with Crippen LogP contribution >= 0.6 is 0 Å². The van der Waals surface area contributed by atoms with E-state index < -0.39 is 0 Å². The number of hydrogen-bond acceptors (Lipinski definition) is 2. The lowest BCUT2D eigenvalue weighted by molar-refractivity contribution is 0.197. The average Bonchev–Trinajstić information content (AvgIpc) is 2.56. The molecule has 1 fully saturated rings. The van der Waals surface area contributed by atoms with Crippen molar-refractivity contribution in [3.8, 4) is 0 Å². The molecule has 0 radical (unpaired) electrons. The summed E-state index contributed by atoms with van der Waals surface area (Å²) in [7, 11) is 2.32. The molecule has 0 heterocycles. The third-order valence-electron chi connectivity index (χ3n) is 3.94. The van der Waals surface area contributed by atoms with E-state index in [1.807, 2.05) is 0 Å². The molecule has 96 valence electrons. The summed E-state index contributed by atoms with van der Waals surface area (Å²) in [6.45, 7) is 6.80. The molecule has 0 spiro atoms. The maximum atomic E-state index is 3.58. The Bertz CT molecular complexity index is 162. The normalized spacial score (nSPS) is 21.0. The first-order valence-corrected chi connectivity index (χ1v) is 7.21. The quantitative estimate of drug-likeness (QED) is 0.700. The molecule has 1 atom stereocenters. The maximum Gasteiger partial charge on any atom is 0.0192 e. The highest BCUT2D eigenvalue weighted by atomic mass is 15.2. The molecule has 0 aliphatic heterocycles. The van der Waals surface area contributed by atoms with Crippen molar-refractivity contribution in [2.24, 2.45) is 0 Å². The number of rotatable bonds is 6. The molecule has 16 heavy (non-hydrogen) atoms. The van der Waals surface area contributed by atoms with E-state index in [1.165, 1.54) is 51.5 Å². The first-order valence-electron chi connectivity index (χ1n) is 7.21. The van der Waals surface area contributed by atoms with Crippen LogP contribution in [0.2, 0.25) is 0 Å². The van der Waals surface area contributed by atoms with E-state index in [0.29, 0.717) is 6.04 Å². The summed E-state index contributed by atoms with van der Waals surface area (Å²) in [5, 5.41) is 3.58. The minimum Gasteiger partial charge on any atom is -0.313 e. The predicted molar refractivity (Wildman–Crippen MR) is 71.9 cm³/mol. The molecule has 0 amide bonds. The van der Waals surface area contributed by atoms with Crippen molar-refractivity contribution >= 4 is 0 Å². The van der Waals surface area contributed by atoms with Crippen LogP contribution < -0.4 is 5.32 Å². The third kappa shape index (κ3) is 4.84. The lowest BCUT2D eigenvalue weighted by Gasteiger charge is -2.30. The zero-order valence-electron chi connectivity index (χ0n) is 11.5. The van der Waals surface area contributed by atoms with Crippen molar-refractivity contribution in [3.63, 3.8) is 0 Å². The average molecular weight is 226 g/mol. The summed E-state index contributed by atoms with van der Waals surface area (Å²) in [6, 6.07) is 1.52. The van der Waals surface area contributed by atoms with Crippen LogP contribution in [-0.2, 0) is 0 Å². The van der Waals surface area contributed by atoms with Crippen LogP contribution in [0.4, 0.5) is 0 Å². The van der Waals surface area contributed by atoms with Gasteiger partial charge < -0.3 is 10.2 Å². The van der Waals surface area contributed by atoms with Gasteiger partial charge in [0.25, 0.3) is 0 Å². The van der Waals surface area contributed by atoms with Crippen LogP contribution in [0.15, 0.2) is 0 Å². The predicted octanol–water partition coefficient (Wildman–Crippen LogP) is 3.03. The van der Waals surface area contributed by atoms with Gasteiger partial charge in [-0.1, -0.05) is 39.5 Å². The molecule has 0 aromatic rings.